The zero-order valence-corrected chi connectivity index (χ0v) is 15.4. The molecule has 1 amide bonds. The van der Waals surface area contributed by atoms with E-state index >= 15 is 0 Å². The SMILES string of the molecule is COc1cc(OC)c(OC)cc1/C=C/C(=O)NCc1ccccc1OC. The minimum atomic E-state index is -0.229. The first-order valence-electron chi connectivity index (χ1n) is 8.00. The Morgan fingerprint density at radius 2 is 1.50 bits per heavy atom. The third kappa shape index (κ3) is 4.69. The lowest BCUT2D eigenvalue weighted by atomic mass is 10.1. The van der Waals surface area contributed by atoms with Crippen LogP contribution in [0.3, 0.4) is 0 Å². The van der Waals surface area contributed by atoms with Crippen molar-refractivity contribution < 1.29 is 23.7 Å². The van der Waals surface area contributed by atoms with Crippen molar-refractivity contribution in [2.75, 3.05) is 28.4 Å². The highest BCUT2D eigenvalue weighted by atomic mass is 16.5. The van der Waals surface area contributed by atoms with E-state index in [-0.39, 0.29) is 5.91 Å². The number of benzene rings is 2. The molecule has 0 heterocycles. The van der Waals surface area contributed by atoms with Crippen molar-refractivity contribution in [2.45, 2.75) is 6.54 Å². The Bertz CT molecular complexity index is 786. The highest BCUT2D eigenvalue weighted by Crippen LogP contribution is 2.35. The van der Waals surface area contributed by atoms with E-state index in [1.807, 2.05) is 24.3 Å². The van der Waals surface area contributed by atoms with Crippen molar-refractivity contribution >= 4 is 12.0 Å². The summed E-state index contributed by atoms with van der Waals surface area (Å²) in [5.74, 6) is 2.20. The zero-order chi connectivity index (χ0) is 18.9. The molecule has 0 radical (unpaired) electrons. The van der Waals surface area contributed by atoms with Crippen LogP contribution < -0.4 is 24.3 Å². The molecular formula is C20H23NO5. The summed E-state index contributed by atoms with van der Waals surface area (Å²) >= 11 is 0. The molecule has 6 nitrogen and oxygen atoms in total. The van der Waals surface area contributed by atoms with E-state index in [1.165, 1.54) is 6.08 Å². The second kappa shape index (κ2) is 9.36. The Labute approximate surface area is 153 Å². The van der Waals surface area contributed by atoms with Crippen LogP contribution in [0.25, 0.3) is 6.08 Å². The molecule has 0 saturated carbocycles. The lowest BCUT2D eigenvalue weighted by molar-refractivity contribution is -0.116. The predicted octanol–water partition coefficient (Wildman–Crippen LogP) is 3.05. The molecule has 26 heavy (non-hydrogen) atoms. The van der Waals surface area contributed by atoms with Gasteiger partial charge in [0.15, 0.2) is 11.5 Å². The van der Waals surface area contributed by atoms with Crippen LogP contribution >= 0.6 is 0 Å². The van der Waals surface area contributed by atoms with E-state index < -0.39 is 0 Å². The van der Waals surface area contributed by atoms with Gasteiger partial charge < -0.3 is 24.3 Å². The molecule has 0 aliphatic carbocycles. The highest BCUT2D eigenvalue weighted by Gasteiger charge is 2.10. The molecule has 1 N–H and O–H groups in total. The quantitative estimate of drug-likeness (QED) is 0.736. The van der Waals surface area contributed by atoms with Crippen LogP contribution in [-0.2, 0) is 11.3 Å². The monoisotopic (exact) mass is 357 g/mol. The molecule has 0 aliphatic rings. The fourth-order valence-electron chi connectivity index (χ4n) is 2.44. The van der Waals surface area contributed by atoms with Gasteiger partial charge in [-0.05, 0) is 18.2 Å². The number of methoxy groups -OCH3 is 4. The molecule has 0 spiro atoms. The maximum Gasteiger partial charge on any atom is 0.244 e. The van der Waals surface area contributed by atoms with Gasteiger partial charge in [-0.1, -0.05) is 18.2 Å². The zero-order valence-electron chi connectivity index (χ0n) is 15.4. The number of nitrogens with one attached hydrogen (secondary N) is 1. The van der Waals surface area contributed by atoms with E-state index in [9.17, 15) is 4.79 Å². The smallest absolute Gasteiger partial charge is 0.244 e. The number of hydrogen-bond donors (Lipinski definition) is 1. The summed E-state index contributed by atoms with van der Waals surface area (Å²) in [5.41, 5.74) is 1.61. The van der Waals surface area contributed by atoms with Crippen molar-refractivity contribution in [3.63, 3.8) is 0 Å². The van der Waals surface area contributed by atoms with Crippen LogP contribution in [0, 0.1) is 0 Å². The summed E-state index contributed by atoms with van der Waals surface area (Å²) in [5, 5.41) is 2.83. The Balaban J connectivity index is 2.10. The maximum absolute atomic E-state index is 12.1. The standard InChI is InChI=1S/C20H23NO5/c1-23-16-8-6-5-7-15(16)13-21-20(22)10-9-14-11-18(25-3)19(26-4)12-17(14)24-2/h5-12H,13H2,1-4H3,(H,21,22)/b10-9+. The summed E-state index contributed by atoms with van der Waals surface area (Å²) in [7, 11) is 6.26. The number of ether oxygens (including phenoxy) is 4. The van der Waals surface area contributed by atoms with Crippen molar-refractivity contribution in [1.29, 1.82) is 0 Å². The van der Waals surface area contributed by atoms with Gasteiger partial charge in [0.25, 0.3) is 0 Å². The number of hydrogen-bond acceptors (Lipinski definition) is 5. The van der Waals surface area contributed by atoms with Crippen LogP contribution in [0.5, 0.6) is 23.0 Å². The topological polar surface area (TPSA) is 66.0 Å². The fraction of sp³-hybridized carbons (Fsp3) is 0.250. The van der Waals surface area contributed by atoms with Crippen molar-refractivity contribution in [3.05, 3.63) is 53.6 Å². The van der Waals surface area contributed by atoms with Crippen molar-refractivity contribution in [3.8, 4) is 23.0 Å². The van der Waals surface area contributed by atoms with Gasteiger partial charge in [0, 0.05) is 29.8 Å². The highest BCUT2D eigenvalue weighted by molar-refractivity contribution is 5.92. The first-order chi connectivity index (χ1) is 12.6. The van der Waals surface area contributed by atoms with E-state index in [0.717, 1.165) is 11.3 Å². The van der Waals surface area contributed by atoms with Gasteiger partial charge >= 0.3 is 0 Å². The summed E-state index contributed by atoms with van der Waals surface area (Å²) < 4.78 is 21.2. The van der Waals surface area contributed by atoms with E-state index in [0.29, 0.717) is 29.4 Å². The molecule has 0 saturated heterocycles. The summed E-state index contributed by atoms with van der Waals surface area (Å²) in [4.78, 5) is 12.1. The Kier molecular flexibility index (Phi) is 6.91. The van der Waals surface area contributed by atoms with Gasteiger partial charge in [-0.25, -0.2) is 0 Å². The van der Waals surface area contributed by atoms with Crippen molar-refractivity contribution in [1.82, 2.24) is 5.32 Å². The summed E-state index contributed by atoms with van der Waals surface area (Å²) in [6.45, 7) is 0.371. The first kappa shape index (κ1) is 19.2. The lowest BCUT2D eigenvalue weighted by Crippen LogP contribution is -2.20. The van der Waals surface area contributed by atoms with Crippen molar-refractivity contribution in [2.24, 2.45) is 0 Å². The molecule has 6 heteroatoms. The number of para-hydroxylation sites is 1. The van der Waals surface area contributed by atoms with Gasteiger partial charge in [0.2, 0.25) is 5.91 Å². The van der Waals surface area contributed by atoms with Crippen LogP contribution in [0.1, 0.15) is 11.1 Å². The molecule has 0 bridgehead atoms. The largest absolute Gasteiger partial charge is 0.496 e. The van der Waals surface area contributed by atoms with Gasteiger partial charge in [0.05, 0.1) is 28.4 Å². The average Bonchev–Trinajstić information content (AvgIpc) is 2.69. The van der Waals surface area contributed by atoms with E-state index in [1.54, 1.807) is 46.6 Å². The summed E-state index contributed by atoms with van der Waals surface area (Å²) in [6.07, 6.45) is 3.11. The summed E-state index contributed by atoms with van der Waals surface area (Å²) in [6, 6.07) is 11.0. The average molecular weight is 357 g/mol. The van der Waals surface area contributed by atoms with E-state index in [4.69, 9.17) is 18.9 Å². The number of carbonyl (C=O) groups is 1. The molecule has 2 aromatic carbocycles. The number of amides is 1. The fourth-order valence-corrected chi connectivity index (χ4v) is 2.44. The minimum Gasteiger partial charge on any atom is -0.496 e. The maximum atomic E-state index is 12.1. The lowest BCUT2D eigenvalue weighted by Gasteiger charge is -2.12. The molecule has 2 aromatic rings. The Hall–Kier alpha value is -3.15. The van der Waals surface area contributed by atoms with Crippen LogP contribution in [0.2, 0.25) is 0 Å². The molecule has 0 fully saturated rings. The molecular weight excluding hydrogens is 334 g/mol. The number of carbonyl (C=O) groups excluding carboxylic acids is 1. The molecule has 0 aliphatic heterocycles. The molecule has 2 rings (SSSR count). The Morgan fingerprint density at radius 1 is 0.885 bits per heavy atom. The normalized spacial score (nSPS) is 10.5. The number of rotatable bonds is 8. The van der Waals surface area contributed by atoms with Crippen LogP contribution in [0.4, 0.5) is 0 Å². The van der Waals surface area contributed by atoms with Gasteiger partial charge in [-0.2, -0.15) is 0 Å². The molecule has 0 atom stereocenters. The first-order valence-corrected chi connectivity index (χ1v) is 8.00. The van der Waals surface area contributed by atoms with Crippen LogP contribution in [0.15, 0.2) is 42.5 Å². The third-order valence-electron chi connectivity index (χ3n) is 3.80. The van der Waals surface area contributed by atoms with Gasteiger partial charge in [-0.3, -0.25) is 4.79 Å². The van der Waals surface area contributed by atoms with Gasteiger partial charge in [-0.15, -0.1) is 0 Å². The predicted molar refractivity (Wildman–Crippen MR) is 100.0 cm³/mol. The van der Waals surface area contributed by atoms with Gasteiger partial charge in [0.1, 0.15) is 11.5 Å². The second-order valence-corrected chi connectivity index (χ2v) is 5.31. The second-order valence-electron chi connectivity index (χ2n) is 5.31. The van der Waals surface area contributed by atoms with E-state index in [2.05, 4.69) is 5.32 Å². The molecule has 138 valence electrons. The Morgan fingerprint density at radius 3 is 2.15 bits per heavy atom. The molecule has 0 unspecified atom stereocenters. The molecule has 0 aromatic heterocycles. The minimum absolute atomic E-state index is 0.229. The van der Waals surface area contributed by atoms with Crippen LogP contribution in [-0.4, -0.2) is 34.3 Å². The third-order valence-corrected chi connectivity index (χ3v) is 3.80.